The second kappa shape index (κ2) is 12.8. The topological polar surface area (TPSA) is 3.24 Å². The van der Waals surface area contributed by atoms with Crippen LogP contribution in [0.3, 0.4) is 0 Å². The Morgan fingerprint density at radius 2 is 1.16 bits per heavy atom. The van der Waals surface area contributed by atoms with Crippen molar-refractivity contribution < 1.29 is 0 Å². The number of nitrogens with zero attached hydrogens (tertiary/aromatic N) is 1. The highest BCUT2D eigenvalue weighted by atomic mass is 32.1. The Balaban J connectivity index is 1.11. The molecule has 11 rings (SSSR count). The third-order valence-electron chi connectivity index (χ3n) is 11.8. The maximum Gasteiger partial charge on any atom is 0.0710 e. The highest BCUT2D eigenvalue weighted by Gasteiger charge is 2.47. The van der Waals surface area contributed by atoms with Crippen LogP contribution in [0.15, 0.2) is 206 Å². The van der Waals surface area contributed by atoms with Crippen LogP contribution in [0.5, 0.6) is 0 Å². The predicted octanol–water partition coefficient (Wildman–Crippen LogP) is 14.9. The van der Waals surface area contributed by atoms with Crippen molar-refractivity contribution >= 4 is 59.3 Å². The van der Waals surface area contributed by atoms with Crippen molar-refractivity contribution in [3.05, 3.63) is 222 Å². The Hall–Kier alpha value is -6.48. The van der Waals surface area contributed by atoms with Crippen molar-refractivity contribution in [3.8, 4) is 22.3 Å². The molecular weight excluding hydrogens is 683 g/mol. The summed E-state index contributed by atoms with van der Waals surface area (Å²) in [5, 5.41) is 5.12. The van der Waals surface area contributed by atoms with Gasteiger partial charge in [0, 0.05) is 37.2 Å². The lowest BCUT2D eigenvalue weighted by atomic mass is 9.66. The van der Waals surface area contributed by atoms with E-state index in [0.717, 1.165) is 29.9 Å². The monoisotopic (exact) mass is 719 g/mol. The molecule has 0 saturated carbocycles. The van der Waals surface area contributed by atoms with Crippen LogP contribution in [-0.2, 0) is 5.41 Å². The second-order valence-corrected chi connectivity index (χ2v) is 15.8. The number of allylic oxidation sites excluding steroid dienone is 4. The van der Waals surface area contributed by atoms with Crippen molar-refractivity contribution in [2.24, 2.45) is 0 Å². The molecule has 1 atom stereocenters. The summed E-state index contributed by atoms with van der Waals surface area (Å²) in [6.07, 6.45) is 9.35. The number of hydrogen-bond donors (Lipinski definition) is 0. The van der Waals surface area contributed by atoms with Crippen LogP contribution in [0, 0.1) is 0 Å². The van der Waals surface area contributed by atoms with Gasteiger partial charge in [0.25, 0.3) is 0 Å². The van der Waals surface area contributed by atoms with Crippen LogP contribution in [0.4, 0.5) is 17.1 Å². The van der Waals surface area contributed by atoms with E-state index in [-0.39, 0.29) is 5.41 Å². The summed E-state index contributed by atoms with van der Waals surface area (Å²) in [7, 11) is 0. The van der Waals surface area contributed by atoms with Crippen LogP contribution < -0.4 is 4.90 Å². The molecule has 0 amide bonds. The fourth-order valence-electron chi connectivity index (χ4n) is 9.33. The molecule has 1 unspecified atom stereocenters. The first-order valence-corrected chi connectivity index (χ1v) is 20.1. The number of anilines is 3. The van der Waals surface area contributed by atoms with Crippen molar-refractivity contribution in [2.75, 3.05) is 4.90 Å². The van der Waals surface area contributed by atoms with Crippen LogP contribution in [0.2, 0.25) is 0 Å². The lowest BCUT2D eigenvalue weighted by Gasteiger charge is -2.35. The van der Waals surface area contributed by atoms with Crippen LogP contribution in [0.1, 0.15) is 29.5 Å². The van der Waals surface area contributed by atoms with E-state index in [1.165, 1.54) is 75.5 Å². The summed E-state index contributed by atoms with van der Waals surface area (Å²) in [5.74, 6) is 0. The summed E-state index contributed by atoms with van der Waals surface area (Å²) in [6, 6.07) is 67.5. The van der Waals surface area contributed by atoms with Gasteiger partial charge in [0.2, 0.25) is 0 Å². The summed E-state index contributed by atoms with van der Waals surface area (Å²) < 4.78 is 2.63. The Labute approximate surface area is 325 Å². The molecule has 0 N–H and O–H groups in total. The standard InChI is InChI=1S/C53H37NS/c1-4-14-36(15-5-1)37-24-27-41(28-25-37)54(43-30-33-51-47(35-43)45-20-11-13-23-50(45)55-51)42-29-31-44-38(34-42)26-32-49-52(44)46-21-10-12-22-48(46)53(49,39-16-6-2-7-17-39)40-18-8-3-9-19-40/h1-2,4-8,10-35H,3,9H2. The first kappa shape index (κ1) is 32.0. The fraction of sp³-hybridized carbons (Fsp3) is 0.0566. The van der Waals surface area contributed by atoms with E-state index in [0.29, 0.717) is 0 Å². The average Bonchev–Trinajstić information content (AvgIpc) is 3.79. The molecule has 260 valence electrons. The zero-order valence-corrected chi connectivity index (χ0v) is 31.1. The Morgan fingerprint density at radius 3 is 2.00 bits per heavy atom. The van der Waals surface area contributed by atoms with Crippen molar-refractivity contribution in [1.29, 1.82) is 0 Å². The summed E-state index contributed by atoms with van der Waals surface area (Å²) in [5.41, 5.74) is 13.5. The van der Waals surface area contributed by atoms with Gasteiger partial charge in [-0.3, -0.25) is 0 Å². The minimum Gasteiger partial charge on any atom is -0.310 e. The van der Waals surface area contributed by atoms with Gasteiger partial charge in [-0.1, -0.05) is 152 Å². The maximum absolute atomic E-state index is 2.47. The normalized spacial score (nSPS) is 16.0. The molecule has 0 saturated heterocycles. The molecule has 0 spiro atoms. The molecular formula is C53H37NS. The van der Waals surface area contributed by atoms with Crippen molar-refractivity contribution in [2.45, 2.75) is 18.3 Å². The molecule has 0 radical (unpaired) electrons. The zero-order chi connectivity index (χ0) is 36.3. The SMILES string of the molecule is C1=CC(C2(c3ccccc3)c3ccccc3-c3c2ccc2cc(N(c4ccc(-c5ccccc5)cc4)c4ccc5sc6ccccc6c5c4)ccc32)=CCC1. The molecule has 0 fully saturated rings. The Bertz CT molecular complexity index is 2970. The van der Waals surface area contributed by atoms with E-state index in [9.17, 15) is 0 Å². The summed E-state index contributed by atoms with van der Waals surface area (Å²) >= 11 is 1.86. The van der Waals surface area contributed by atoms with Gasteiger partial charge in [0.05, 0.1) is 5.41 Å². The van der Waals surface area contributed by atoms with Gasteiger partial charge in [0.1, 0.15) is 0 Å². The molecule has 55 heavy (non-hydrogen) atoms. The summed E-state index contributed by atoms with van der Waals surface area (Å²) in [6.45, 7) is 0. The van der Waals surface area contributed by atoms with Crippen LogP contribution in [-0.4, -0.2) is 0 Å². The lowest BCUT2D eigenvalue weighted by Crippen LogP contribution is -2.29. The Morgan fingerprint density at radius 1 is 0.473 bits per heavy atom. The van der Waals surface area contributed by atoms with E-state index in [2.05, 4.69) is 205 Å². The first-order chi connectivity index (χ1) is 27.3. The molecule has 1 aromatic heterocycles. The van der Waals surface area contributed by atoms with Gasteiger partial charge in [0.15, 0.2) is 0 Å². The highest BCUT2D eigenvalue weighted by Crippen LogP contribution is 2.59. The van der Waals surface area contributed by atoms with Crippen LogP contribution >= 0.6 is 11.3 Å². The van der Waals surface area contributed by atoms with Gasteiger partial charge >= 0.3 is 0 Å². The average molecular weight is 720 g/mol. The number of fused-ring (bicyclic) bond motifs is 8. The largest absolute Gasteiger partial charge is 0.310 e. The minimum absolute atomic E-state index is 0.373. The zero-order valence-electron chi connectivity index (χ0n) is 30.3. The van der Waals surface area contributed by atoms with Crippen LogP contribution in [0.25, 0.3) is 53.2 Å². The smallest absolute Gasteiger partial charge is 0.0710 e. The lowest BCUT2D eigenvalue weighted by molar-refractivity contribution is 0.752. The van der Waals surface area contributed by atoms with Crippen molar-refractivity contribution in [3.63, 3.8) is 0 Å². The molecule has 0 bridgehead atoms. The number of benzene rings is 8. The van der Waals surface area contributed by atoms with E-state index < -0.39 is 0 Å². The molecule has 1 heterocycles. The molecule has 1 nitrogen and oxygen atoms in total. The van der Waals surface area contributed by atoms with Crippen molar-refractivity contribution in [1.82, 2.24) is 0 Å². The third kappa shape index (κ3) is 4.99. The molecule has 2 aliphatic rings. The van der Waals surface area contributed by atoms with E-state index in [1.807, 2.05) is 11.3 Å². The first-order valence-electron chi connectivity index (χ1n) is 19.2. The molecule has 9 aromatic rings. The van der Waals surface area contributed by atoms with Gasteiger partial charge in [-0.25, -0.2) is 0 Å². The number of hydrogen-bond acceptors (Lipinski definition) is 2. The van der Waals surface area contributed by atoms with Gasteiger partial charge in [-0.15, -0.1) is 11.3 Å². The third-order valence-corrected chi connectivity index (χ3v) is 12.9. The highest BCUT2D eigenvalue weighted by molar-refractivity contribution is 7.25. The van der Waals surface area contributed by atoms with Gasteiger partial charge in [-0.05, 0) is 117 Å². The second-order valence-electron chi connectivity index (χ2n) is 14.7. The number of rotatable bonds is 6. The maximum atomic E-state index is 2.47. The van der Waals surface area contributed by atoms with Gasteiger partial charge < -0.3 is 4.90 Å². The predicted molar refractivity (Wildman–Crippen MR) is 235 cm³/mol. The fourth-order valence-corrected chi connectivity index (χ4v) is 10.4. The Kier molecular flexibility index (Phi) is 7.46. The molecule has 0 aliphatic heterocycles. The molecule has 8 aromatic carbocycles. The minimum atomic E-state index is -0.373. The van der Waals surface area contributed by atoms with E-state index in [4.69, 9.17) is 0 Å². The number of thiophene rings is 1. The summed E-state index contributed by atoms with van der Waals surface area (Å²) in [4.78, 5) is 2.42. The molecule has 2 heteroatoms. The molecule has 2 aliphatic carbocycles. The quantitative estimate of drug-likeness (QED) is 0.165. The van der Waals surface area contributed by atoms with E-state index in [1.54, 1.807) is 0 Å². The van der Waals surface area contributed by atoms with E-state index >= 15 is 0 Å². The van der Waals surface area contributed by atoms with Gasteiger partial charge in [-0.2, -0.15) is 0 Å².